The average molecular weight is 199 g/mol. The minimum atomic E-state index is 0.498. The maximum absolute atomic E-state index is 5.44. The van der Waals surface area contributed by atoms with Gasteiger partial charge >= 0.3 is 0 Å². The van der Waals surface area contributed by atoms with Crippen molar-refractivity contribution in [3.63, 3.8) is 0 Å². The van der Waals surface area contributed by atoms with Crippen LogP contribution in [0, 0.1) is 0 Å². The Morgan fingerprint density at radius 3 is 2.93 bits per heavy atom. The lowest BCUT2D eigenvalue weighted by Gasteiger charge is -2.15. The zero-order valence-corrected chi connectivity index (χ0v) is 8.00. The molecule has 2 heterocycles. The van der Waals surface area contributed by atoms with E-state index in [1.54, 1.807) is 6.20 Å². The Hall–Kier alpha value is -2.10. The standard InChI is InChI=1S/C11H9N3O/c1-2-4-9(5-3-1)14-8-15-11-10(14)6-12-7-13-11/h1-7H,8H2. The van der Waals surface area contributed by atoms with Crippen LogP contribution in [-0.2, 0) is 0 Å². The molecular weight excluding hydrogens is 190 g/mol. The smallest absolute Gasteiger partial charge is 0.242 e. The number of fused-ring (bicyclic) bond motifs is 1. The van der Waals surface area contributed by atoms with Crippen molar-refractivity contribution in [2.24, 2.45) is 0 Å². The largest absolute Gasteiger partial charge is 0.454 e. The van der Waals surface area contributed by atoms with Crippen LogP contribution in [0.4, 0.5) is 11.4 Å². The lowest BCUT2D eigenvalue weighted by Crippen LogP contribution is -2.15. The Kier molecular flexibility index (Phi) is 1.78. The molecule has 0 fully saturated rings. The number of para-hydroxylation sites is 1. The van der Waals surface area contributed by atoms with Crippen LogP contribution in [0.1, 0.15) is 0 Å². The number of nitrogens with zero attached hydrogens (tertiary/aromatic N) is 3. The number of ether oxygens (including phenoxy) is 1. The maximum atomic E-state index is 5.44. The van der Waals surface area contributed by atoms with E-state index in [0.29, 0.717) is 12.6 Å². The van der Waals surface area contributed by atoms with Gasteiger partial charge in [0.05, 0.1) is 6.20 Å². The third-order valence-electron chi connectivity index (χ3n) is 2.35. The van der Waals surface area contributed by atoms with Gasteiger partial charge in [-0.15, -0.1) is 0 Å². The average Bonchev–Trinajstić information content (AvgIpc) is 2.74. The summed E-state index contributed by atoms with van der Waals surface area (Å²) >= 11 is 0. The molecule has 15 heavy (non-hydrogen) atoms. The van der Waals surface area contributed by atoms with Crippen molar-refractivity contribution in [3.05, 3.63) is 42.9 Å². The molecule has 4 nitrogen and oxygen atoms in total. The molecule has 0 spiro atoms. The molecule has 0 saturated heterocycles. The first-order chi connectivity index (χ1) is 7.45. The SMILES string of the molecule is c1ccc(N2COc3ncncc32)cc1. The number of rotatable bonds is 1. The molecule has 0 amide bonds. The van der Waals surface area contributed by atoms with Gasteiger partial charge in [0.15, 0.2) is 6.73 Å². The van der Waals surface area contributed by atoms with Crippen LogP contribution in [0.5, 0.6) is 5.88 Å². The molecule has 0 aliphatic carbocycles. The summed E-state index contributed by atoms with van der Waals surface area (Å²) in [6.45, 7) is 0.498. The number of anilines is 2. The molecule has 74 valence electrons. The molecule has 0 unspecified atom stereocenters. The van der Waals surface area contributed by atoms with E-state index >= 15 is 0 Å². The highest BCUT2D eigenvalue weighted by Crippen LogP contribution is 2.35. The number of aromatic nitrogens is 2. The second kappa shape index (κ2) is 3.24. The predicted molar refractivity (Wildman–Crippen MR) is 56.1 cm³/mol. The number of hydrogen-bond donors (Lipinski definition) is 0. The Balaban J connectivity index is 2.05. The number of benzene rings is 1. The topological polar surface area (TPSA) is 38.2 Å². The second-order valence-corrected chi connectivity index (χ2v) is 3.25. The normalized spacial score (nSPS) is 13.5. The van der Waals surface area contributed by atoms with Gasteiger partial charge in [0.1, 0.15) is 12.0 Å². The highest BCUT2D eigenvalue weighted by Gasteiger charge is 2.22. The van der Waals surface area contributed by atoms with Gasteiger partial charge in [-0.25, -0.2) is 4.98 Å². The van der Waals surface area contributed by atoms with Crippen molar-refractivity contribution in [3.8, 4) is 5.88 Å². The predicted octanol–water partition coefficient (Wildman–Crippen LogP) is 1.96. The summed E-state index contributed by atoms with van der Waals surface area (Å²) < 4.78 is 5.44. The second-order valence-electron chi connectivity index (χ2n) is 3.25. The molecule has 0 bridgehead atoms. The van der Waals surface area contributed by atoms with Crippen molar-refractivity contribution in [1.29, 1.82) is 0 Å². The van der Waals surface area contributed by atoms with Gasteiger partial charge in [0.25, 0.3) is 0 Å². The third-order valence-corrected chi connectivity index (χ3v) is 2.35. The van der Waals surface area contributed by atoms with Crippen LogP contribution < -0.4 is 9.64 Å². The highest BCUT2D eigenvalue weighted by molar-refractivity contribution is 5.68. The Morgan fingerprint density at radius 1 is 1.20 bits per heavy atom. The van der Waals surface area contributed by atoms with E-state index in [1.807, 2.05) is 35.2 Å². The van der Waals surface area contributed by atoms with Crippen LogP contribution in [0.15, 0.2) is 42.9 Å². The van der Waals surface area contributed by atoms with Crippen molar-refractivity contribution in [2.75, 3.05) is 11.6 Å². The van der Waals surface area contributed by atoms with Gasteiger partial charge in [-0.2, -0.15) is 4.98 Å². The molecule has 1 aromatic heterocycles. The summed E-state index contributed by atoms with van der Waals surface area (Å²) in [6.07, 6.45) is 3.26. The van der Waals surface area contributed by atoms with Crippen molar-refractivity contribution in [2.45, 2.75) is 0 Å². The molecule has 1 aliphatic heterocycles. The molecule has 3 rings (SSSR count). The lowest BCUT2D eigenvalue weighted by atomic mass is 10.3. The van der Waals surface area contributed by atoms with Crippen LogP contribution in [-0.4, -0.2) is 16.7 Å². The van der Waals surface area contributed by atoms with E-state index in [4.69, 9.17) is 4.74 Å². The lowest BCUT2D eigenvalue weighted by molar-refractivity contribution is 0.345. The maximum Gasteiger partial charge on any atom is 0.242 e. The molecule has 2 aromatic rings. The van der Waals surface area contributed by atoms with Crippen molar-refractivity contribution in [1.82, 2.24) is 9.97 Å². The minimum Gasteiger partial charge on any atom is -0.454 e. The van der Waals surface area contributed by atoms with Crippen LogP contribution in [0.3, 0.4) is 0 Å². The Labute approximate surface area is 87.2 Å². The summed E-state index contributed by atoms with van der Waals surface area (Å²) in [6, 6.07) is 10.0. The Bertz CT molecular complexity index is 472. The fourth-order valence-electron chi connectivity index (χ4n) is 1.62. The van der Waals surface area contributed by atoms with Gasteiger partial charge < -0.3 is 9.64 Å². The van der Waals surface area contributed by atoms with Gasteiger partial charge in [-0.05, 0) is 12.1 Å². The fourth-order valence-corrected chi connectivity index (χ4v) is 1.62. The zero-order chi connectivity index (χ0) is 10.1. The summed E-state index contributed by atoms with van der Waals surface area (Å²) in [7, 11) is 0. The first-order valence-corrected chi connectivity index (χ1v) is 4.70. The van der Waals surface area contributed by atoms with Crippen LogP contribution in [0.25, 0.3) is 0 Å². The molecule has 4 heteroatoms. The van der Waals surface area contributed by atoms with Crippen LogP contribution in [0.2, 0.25) is 0 Å². The molecule has 0 saturated carbocycles. The summed E-state index contributed by atoms with van der Waals surface area (Å²) in [5, 5.41) is 0. The fraction of sp³-hybridized carbons (Fsp3) is 0.0909. The van der Waals surface area contributed by atoms with E-state index in [1.165, 1.54) is 6.33 Å². The molecule has 1 aliphatic rings. The van der Waals surface area contributed by atoms with E-state index in [2.05, 4.69) is 9.97 Å². The number of hydrogen-bond acceptors (Lipinski definition) is 4. The quantitative estimate of drug-likeness (QED) is 0.703. The van der Waals surface area contributed by atoms with Crippen molar-refractivity contribution >= 4 is 11.4 Å². The first kappa shape index (κ1) is 8.23. The summed E-state index contributed by atoms with van der Waals surface area (Å²) in [5.41, 5.74) is 2.01. The molecule has 0 atom stereocenters. The van der Waals surface area contributed by atoms with Gasteiger partial charge in [-0.1, -0.05) is 18.2 Å². The first-order valence-electron chi connectivity index (χ1n) is 4.70. The third kappa shape index (κ3) is 1.30. The summed E-state index contributed by atoms with van der Waals surface area (Å²) in [4.78, 5) is 10.1. The van der Waals surface area contributed by atoms with Crippen molar-refractivity contribution < 1.29 is 4.74 Å². The van der Waals surface area contributed by atoms with E-state index in [-0.39, 0.29) is 0 Å². The monoisotopic (exact) mass is 199 g/mol. The minimum absolute atomic E-state index is 0.498. The summed E-state index contributed by atoms with van der Waals surface area (Å²) in [5.74, 6) is 0.647. The molecule has 0 N–H and O–H groups in total. The Morgan fingerprint density at radius 2 is 2.07 bits per heavy atom. The van der Waals surface area contributed by atoms with E-state index < -0.39 is 0 Å². The molecule has 1 aromatic carbocycles. The molecular formula is C11H9N3O. The van der Waals surface area contributed by atoms with Gasteiger partial charge in [0.2, 0.25) is 5.88 Å². The van der Waals surface area contributed by atoms with Crippen LogP contribution >= 0.6 is 0 Å². The van der Waals surface area contributed by atoms with Gasteiger partial charge in [0, 0.05) is 5.69 Å². The van der Waals surface area contributed by atoms with E-state index in [9.17, 15) is 0 Å². The van der Waals surface area contributed by atoms with Gasteiger partial charge in [-0.3, -0.25) is 0 Å². The zero-order valence-electron chi connectivity index (χ0n) is 8.00. The van der Waals surface area contributed by atoms with E-state index in [0.717, 1.165) is 11.4 Å². The molecule has 0 radical (unpaired) electrons. The highest BCUT2D eigenvalue weighted by atomic mass is 16.5.